The molecule has 0 aliphatic rings. The molecule has 5 heteroatoms. The number of hydrogen-bond acceptors (Lipinski definition) is 4. The van der Waals surface area contributed by atoms with Gasteiger partial charge in [-0.25, -0.2) is 9.37 Å². The number of ketones is 1. The second-order valence-corrected chi connectivity index (χ2v) is 5.75. The number of carbonyl (C=O) groups is 1. The van der Waals surface area contributed by atoms with E-state index in [1.165, 1.54) is 36.0 Å². The van der Waals surface area contributed by atoms with Crippen molar-refractivity contribution in [2.24, 2.45) is 0 Å². The zero-order valence-electron chi connectivity index (χ0n) is 12.4. The number of aromatic nitrogens is 1. The highest BCUT2D eigenvalue weighted by atomic mass is 32.2. The van der Waals surface area contributed by atoms with Crippen LogP contribution in [0.25, 0.3) is 0 Å². The van der Waals surface area contributed by atoms with E-state index in [0.29, 0.717) is 16.2 Å². The Balaban J connectivity index is 2.15. The minimum atomic E-state index is -0.372. The van der Waals surface area contributed by atoms with Gasteiger partial charge in [0.25, 0.3) is 0 Å². The second-order valence-electron chi connectivity index (χ2n) is 4.79. The normalized spacial score (nSPS) is 10.3. The minimum absolute atomic E-state index is 0.116. The predicted molar refractivity (Wildman–Crippen MR) is 84.5 cm³/mol. The fourth-order valence-corrected chi connectivity index (χ4v) is 2.90. The smallest absolute Gasteiger partial charge is 0.173 e. The lowest BCUT2D eigenvalue weighted by Crippen LogP contribution is -2.04. The zero-order chi connectivity index (χ0) is 16.1. The summed E-state index contributed by atoms with van der Waals surface area (Å²) in [6, 6.07) is 9.36. The van der Waals surface area contributed by atoms with Gasteiger partial charge in [-0.3, -0.25) is 4.79 Å². The van der Waals surface area contributed by atoms with E-state index in [0.717, 1.165) is 17.7 Å². The van der Waals surface area contributed by atoms with Crippen molar-refractivity contribution in [3.05, 3.63) is 58.5 Å². The van der Waals surface area contributed by atoms with Crippen LogP contribution < -0.4 is 0 Å². The number of rotatable bonds is 5. The molecule has 112 valence electrons. The first-order chi connectivity index (χ1) is 10.5. The van der Waals surface area contributed by atoms with Gasteiger partial charge < -0.3 is 0 Å². The molecule has 0 unspecified atom stereocenters. The van der Waals surface area contributed by atoms with E-state index in [9.17, 15) is 14.4 Å². The maximum Gasteiger partial charge on any atom is 0.173 e. The molecular formula is C17H15FN2OS. The Bertz CT molecular complexity index is 736. The van der Waals surface area contributed by atoms with Crippen molar-refractivity contribution >= 4 is 17.5 Å². The Morgan fingerprint density at radius 2 is 2.05 bits per heavy atom. The number of benzene rings is 1. The molecule has 0 bridgehead atoms. The highest BCUT2D eigenvalue weighted by Gasteiger charge is 2.12. The molecule has 0 amide bonds. The van der Waals surface area contributed by atoms with Crippen molar-refractivity contribution in [3.8, 4) is 6.07 Å². The molecular weight excluding hydrogens is 299 g/mol. The molecule has 0 aliphatic carbocycles. The Morgan fingerprint density at radius 3 is 2.64 bits per heavy atom. The summed E-state index contributed by atoms with van der Waals surface area (Å²) in [5.74, 6) is -0.322. The van der Waals surface area contributed by atoms with E-state index < -0.39 is 0 Å². The van der Waals surface area contributed by atoms with Crippen LogP contribution in [0, 0.1) is 24.1 Å². The van der Waals surface area contributed by atoms with E-state index >= 15 is 0 Å². The SMILES string of the molecule is CCc1nc(SCC(=O)c2ccc(F)cc2)c(C#N)cc1C. The predicted octanol–water partition coefficient (Wildman–Crippen LogP) is 3.94. The summed E-state index contributed by atoms with van der Waals surface area (Å²) in [6.45, 7) is 3.92. The average molecular weight is 314 g/mol. The maximum absolute atomic E-state index is 12.9. The molecule has 1 aromatic heterocycles. The van der Waals surface area contributed by atoms with E-state index in [-0.39, 0.29) is 17.4 Å². The van der Waals surface area contributed by atoms with Crippen LogP contribution in [-0.2, 0) is 6.42 Å². The van der Waals surface area contributed by atoms with Gasteiger partial charge in [0, 0.05) is 11.3 Å². The summed E-state index contributed by atoms with van der Waals surface area (Å²) in [7, 11) is 0. The van der Waals surface area contributed by atoms with Gasteiger partial charge >= 0.3 is 0 Å². The highest BCUT2D eigenvalue weighted by molar-refractivity contribution is 8.00. The van der Waals surface area contributed by atoms with Crippen molar-refractivity contribution in [2.75, 3.05) is 5.75 Å². The topological polar surface area (TPSA) is 53.8 Å². The van der Waals surface area contributed by atoms with Gasteiger partial charge in [-0.15, -0.1) is 0 Å². The molecule has 1 aromatic carbocycles. The number of pyridine rings is 1. The van der Waals surface area contributed by atoms with Crippen molar-refractivity contribution in [1.29, 1.82) is 5.26 Å². The van der Waals surface area contributed by atoms with Crippen LogP contribution >= 0.6 is 11.8 Å². The Kier molecular flexibility index (Phi) is 5.29. The fraction of sp³-hybridized carbons (Fsp3) is 0.235. The third-order valence-electron chi connectivity index (χ3n) is 3.24. The van der Waals surface area contributed by atoms with Gasteiger partial charge in [0.1, 0.15) is 16.9 Å². The molecule has 22 heavy (non-hydrogen) atoms. The first kappa shape index (κ1) is 16.2. The molecule has 0 spiro atoms. The summed E-state index contributed by atoms with van der Waals surface area (Å²) >= 11 is 1.24. The molecule has 0 radical (unpaired) electrons. The van der Waals surface area contributed by atoms with Gasteiger partial charge in [0.05, 0.1) is 11.3 Å². The van der Waals surface area contributed by atoms with Crippen LogP contribution in [0.5, 0.6) is 0 Å². The molecule has 3 nitrogen and oxygen atoms in total. The number of halogens is 1. The van der Waals surface area contributed by atoms with Crippen LogP contribution in [0.1, 0.15) is 34.1 Å². The highest BCUT2D eigenvalue weighted by Crippen LogP contribution is 2.24. The van der Waals surface area contributed by atoms with Crippen LogP contribution in [0.2, 0.25) is 0 Å². The number of nitriles is 1. The molecule has 2 rings (SSSR count). The van der Waals surface area contributed by atoms with Gasteiger partial charge in [-0.05, 0) is 49.2 Å². The molecule has 0 saturated carbocycles. The first-order valence-corrected chi connectivity index (χ1v) is 7.86. The first-order valence-electron chi connectivity index (χ1n) is 6.87. The number of nitrogens with zero attached hydrogens (tertiary/aromatic N) is 2. The lowest BCUT2D eigenvalue weighted by atomic mass is 10.1. The van der Waals surface area contributed by atoms with Gasteiger partial charge in [-0.1, -0.05) is 18.7 Å². The van der Waals surface area contributed by atoms with Crippen molar-refractivity contribution < 1.29 is 9.18 Å². The third kappa shape index (κ3) is 3.71. The molecule has 0 saturated heterocycles. The number of thioether (sulfide) groups is 1. The molecule has 2 aromatic rings. The van der Waals surface area contributed by atoms with Crippen molar-refractivity contribution in [1.82, 2.24) is 4.98 Å². The lowest BCUT2D eigenvalue weighted by Gasteiger charge is -2.08. The standard InChI is InChI=1S/C17H15FN2OS/c1-3-15-11(2)8-13(9-19)17(20-15)22-10-16(21)12-4-6-14(18)7-5-12/h4-8H,3,10H2,1-2H3. The molecule has 0 N–H and O–H groups in total. The van der Waals surface area contributed by atoms with E-state index in [1.54, 1.807) is 6.07 Å². The van der Waals surface area contributed by atoms with Crippen molar-refractivity contribution in [2.45, 2.75) is 25.3 Å². The lowest BCUT2D eigenvalue weighted by molar-refractivity contribution is 0.102. The molecule has 1 heterocycles. The maximum atomic E-state index is 12.9. The Labute approximate surface area is 133 Å². The molecule has 0 fully saturated rings. The summed E-state index contributed by atoms with van der Waals surface area (Å²) in [6.07, 6.45) is 0.775. The monoisotopic (exact) mass is 314 g/mol. The summed E-state index contributed by atoms with van der Waals surface area (Å²) in [4.78, 5) is 16.6. The van der Waals surface area contributed by atoms with Crippen LogP contribution in [0.15, 0.2) is 35.4 Å². The molecule has 0 aliphatic heterocycles. The Hall–Kier alpha value is -2.19. The summed E-state index contributed by atoms with van der Waals surface area (Å²) in [5.41, 5.74) is 2.84. The number of Topliss-reactive ketones (excluding diaryl/α,β-unsaturated/α-hetero) is 1. The van der Waals surface area contributed by atoms with Crippen LogP contribution in [-0.4, -0.2) is 16.5 Å². The third-order valence-corrected chi connectivity index (χ3v) is 4.24. The summed E-state index contributed by atoms with van der Waals surface area (Å²) in [5, 5.41) is 9.76. The van der Waals surface area contributed by atoms with Gasteiger partial charge in [-0.2, -0.15) is 5.26 Å². The largest absolute Gasteiger partial charge is 0.293 e. The number of carbonyl (C=O) groups excluding carboxylic acids is 1. The minimum Gasteiger partial charge on any atom is -0.293 e. The van der Waals surface area contributed by atoms with Crippen LogP contribution in [0.3, 0.4) is 0 Å². The zero-order valence-corrected chi connectivity index (χ0v) is 13.2. The van der Waals surface area contributed by atoms with Gasteiger partial charge in [0.15, 0.2) is 5.78 Å². The average Bonchev–Trinajstić information content (AvgIpc) is 2.53. The fourth-order valence-electron chi connectivity index (χ4n) is 2.03. The quantitative estimate of drug-likeness (QED) is 0.619. The number of aryl methyl sites for hydroxylation is 2. The van der Waals surface area contributed by atoms with E-state index in [1.807, 2.05) is 13.8 Å². The summed E-state index contributed by atoms with van der Waals surface area (Å²) < 4.78 is 12.9. The Morgan fingerprint density at radius 1 is 1.36 bits per heavy atom. The number of hydrogen-bond donors (Lipinski definition) is 0. The second kappa shape index (κ2) is 7.19. The molecule has 0 atom stereocenters. The van der Waals surface area contributed by atoms with E-state index in [4.69, 9.17) is 0 Å². The van der Waals surface area contributed by atoms with Crippen LogP contribution in [0.4, 0.5) is 4.39 Å². The van der Waals surface area contributed by atoms with Gasteiger partial charge in [0.2, 0.25) is 0 Å². The van der Waals surface area contributed by atoms with Crippen molar-refractivity contribution in [3.63, 3.8) is 0 Å². The van der Waals surface area contributed by atoms with E-state index in [2.05, 4.69) is 11.1 Å².